The fraction of sp³-hybridized carbons (Fsp3) is 0. The van der Waals surface area contributed by atoms with Crippen LogP contribution in [-0.4, -0.2) is 14.8 Å². The molecule has 0 spiro atoms. The summed E-state index contributed by atoms with van der Waals surface area (Å²) in [7, 11) is 0. The molecular formula is C8H5F3N4S. The molecule has 0 aliphatic carbocycles. The van der Waals surface area contributed by atoms with E-state index in [0.29, 0.717) is 12.1 Å². The van der Waals surface area contributed by atoms with Gasteiger partial charge < -0.3 is 5.73 Å². The molecule has 0 radical (unpaired) electrons. The standard InChI is InChI=1S/C8H5F3N4S/c9-3-1-4(10)6(5(11)2-3)15-7(12)13-14-8(15)16/h1-2H,(H2,12,13)(H,14,16). The van der Waals surface area contributed by atoms with Gasteiger partial charge in [0.25, 0.3) is 0 Å². The van der Waals surface area contributed by atoms with E-state index in [1.54, 1.807) is 0 Å². The molecule has 0 aliphatic rings. The number of nitrogens with one attached hydrogen (secondary N) is 1. The van der Waals surface area contributed by atoms with E-state index in [1.807, 2.05) is 0 Å². The summed E-state index contributed by atoms with van der Waals surface area (Å²) in [6, 6.07) is 1.07. The molecule has 0 fully saturated rings. The molecule has 3 N–H and O–H groups in total. The smallest absolute Gasteiger partial charge is 0.225 e. The first-order valence-corrected chi connectivity index (χ1v) is 4.49. The lowest BCUT2D eigenvalue weighted by Gasteiger charge is -2.06. The monoisotopic (exact) mass is 246 g/mol. The summed E-state index contributed by atoms with van der Waals surface area (Å²) in [5, 5.41) is 5.76. The van der Waals surface area contributed by atoms with E-state index in [2.05, 4.69) is 10.2 Å². The van der Waals surface area contributed by atoms with Gasteiger partial charge in [-0.15, -0.1) is 5.10 Å². The van der Waals surface area contributed by atoms with Crippen LogP contribution in [0.1, 0.15) is 0 Å². The maximum Gasteiger partial charge on any atom is 0.225 e. The van der Waals surface area contributed by atoms with E-state index in [1.165, 1.54) is 0 Å². The first-order valence-electron chi connectivity index (χ1n) is 4.08. The average Bonchev–Trinajstić information content (AvgIpc) is 2.47. The molecule has 0 atom stereocenters. The minimum Gasteiger partial charge on any atom is -0.368 e. The highest BCUT2D eigenvalue weighted by atomic mass is 32.1. The zero-order valence-electron chi connectivity index (χ0n) is 7.67. The summed E-state index contributed by atoms with van der Waals surface area (Å²) >= 11 is 4.74. The quantitative estimate of drug-likeness (QED) is 0.756. The van der Waals surface area contributed by atoms with Crippen LogP contribution in [0.4, 0.5) is 19.1 Å². The van der Waals surface area contributed by atoms with Gasteiger partial charge >= 0.3 is 0 Å². The lowest BCUT2D eigenvalue weighted by molar-refractivity contribution is 0.534. The topological polar surface area (TPSA) is 59.6 Å². The number of aromatic nitrogens is 3. The summed E-state index contributed by atoms with van der Waals surface area (Å²) in [5.41, 5.74) is 4.82. The van der Waals surface area contributed by atoms with Gasteiger partial charge in [0.1, 0.15) is 11.5 Å². The predicted octanol–water partition coefficient (Wildman–Crippen LogP) is 1.93. The van der Waals surface area contributed by atoms with Crippen LogP contribution in [0.2, 0.25) is 0 Å². The fourth-order valence-corrected chi connectivity index (χ4v) is 1.50. The number of nitrogens with two attached hydrogens (primary N) is 1. The number of halogens is 3. The van der Waals surface area contributed by atoms with Gasteiger partial charge in [0.15, 0.2) is 11.6 Å². The van der Waals surface area contributed by atoms with Gasteiger partial charge in [-0.2, -0.15) is 0 Å². The highest BCUT2D eigenvalue weighted by Crippen LogP contribution is 2.21. The molecule has 1 heterocycles. The minimum atomic E-state index is -1.11. The Morgan fingerprint density at radius 1 is 1.25 bits per heavy atom. The van der Waals surface area contributed by atoms with E-state index >= 15 is 0 Å². The van der Waals surface area contributed by atoms with Crippen molar-refractivity contribution in [2.45, 2.75) is 0 Å². The van der Waals surface area contributed by atoms with E-state index in [0.717, 1.165) is 4.57 Å². The molecule has 0 bridgehead atoms. The largest absolute Gasteiger partial charge is 0.368 e. The Labute approximate surface area is 92.5 Å². The molecule has 2 rings (SSSR count). The lowest BCUT2D eigenvalue weighted by Crippen LogP contribution is -2.06. The fourth-order valence-electron chi connectivity index (χ4n) is 1.27. The summed E-state index contributed by atoms with van der Waals surface area (Å²) in [5.74, 6) is -3.45. The first-order chi connectivity index (χ1) is 7.50. The third kappa shape index (κ3) is 1.56. The molecule has 1 aromatic heterocycles. The van der Waals surface area contributed by atoms with Crippen LogP contribution in [0.15, 0.2) is 12.1 Å². The molecule has 16 heavy (non-hydrogen) atoms. The third-order valence-corrected chi connectivity index (χ3v) is 2.18. The SMILES string of the molecule is Nc1n[nH]c(=S)n1-c1c(F)cc(F)cc1F. The number of anilines is 1. The number of rotatable bonds is 1. The molecule has 1 aromatic carbocycles. The number of nitrogen functional groups attached to an aromatic ring is 1. The van der Waals surface area contributed by atoms with Crippen LogP contribution in [0.25, 0.3) is 5.69 Å². The number of H-pyrrole nitrogens is 1. The van der Waals surface area contributed by atoms with E-state index in [9.17, 15) is 13.2 Å². The third-order valence-electron chi connectivity index (χ3n) is 1.90. The second-order valence-electron chi connectivity index (χ2n) is 2.94. The zero-order valence-corrected chi connectivity index (χ0v) is 8.49. The van der Waals surface area contributed by atoms with Crippen LogP contribution in [0.3, 0.4) is 0 Å². The van der Waals surface area contributed by atoms with Crippen LogP contribution < -0.4 is 5.73 Å². The highest BCUT2D eigenvalue weighted by Gasteiger charge is 2.16. The first kappa shape index (κ1) is 10.7. The summed E-state index contributed by atoms with van der Waals surface area (Å²) in [6.45, 7) is 0. The van der Waals surface area contributed by atoms with Gasteiger partial charge in [-0.05, 0) is 12.2 Å². The van der Waals surface area contributed by atoms with E-state index in [4.69, 9.17) is 18.0 Å². The van der Waals surface area contributed by atoms with Crippen molar-refractivity contribution in [1.82, 2.24) is 14.8 Å². The molecule has 4 nitrogen and oxygen atoms in total. The van der Waals surface area contributed by atoms with Gasteiger partial charge in [-0.1, -0.05) is 0 Å². The van der Waals surface area contributed by atoms with Gasteiger partial charge in [0.2, 0.25) is 10.7 Å². The second kappa shape index (κ2) is 3.63. The molecule has 0 saturated carbocycles. The molecule has 8 heteroatoms. The second-order valence-corrected chi connectivity index (χ2v) is 3.33. The minimum absolute atomic E-state index is 0.0816. The Balaban J connectivity index is 2.79. The number of hydrogen-bond donors (Lipinski definition) is 2. The Bertz CT molecular complexity index is 581. The predicted molar refractivity (Wildman–Crippen MR) is 53.0 cm³/mol. The van der Waals surface area contributed by atoms with Gasteiger partial charge in [-0.25, -0.2) is 22.8 Å². The van der Waals surface area contributed by atoms with E-state index in [-0.39, 0.29) is 10.7 Å². The van der Waals surface area contributed by atoms with Crippen molar-refractivity contribution in [3.63, 3.8) is 0 Å². The molecule has 2 aromatic rings. The molecule has 0 aliphatic heterocycles. The summed E-state index contributed by atoms with van der Waals surface area (Å²) in [6.07, 6.45) is 0. The van der Waals surface area contributed by atoms with Gasteiger partial charge in [0, 0.05) is 12.1 Å². The Morgan fingerprint density at radius 2 is 1.81 bits per heavy atom. The van der Waals surface area contributed by atoms with Gasteiger partial charge in [-0.3, -0.25) is 0 Å². The maximum absolute atomic E-state index is 13.4. The summed E-state index contributed by atoms with van der Waals surface area (Å²) in [4.78, 5) is 0. The van der Waals surface area contributed by atoms with Crippen molar-refractivity contribution in [2.75, 3.05) is 5.73 Å². The molecular weight excluding hydrogens is 241 g/mol. The number of nitrogens with zero attached hydrogens (tertiary/aromatic N) is 2. The molecule has 0 unspecified atom stereocenters. The molecule has 0 amide bonds. The average molecular weight is 246 g/mol. The Hall–Kier alpha value is -1.83. The van der Waals surface area contributed by atoms with Gasteiger partial charge in [0.05, 0.1) is 0 Å². The molecule has 84 valence electrons. The van der Waals surface area contributed by atoms with Crippen molar-refractivity contribution in [3.8, 4) is 5.69 Å². The molecule has 0 saturated heterocycles. The Morgan fingerprint density at radius 3 is 2.25 bits per heavy atom. The van der Waals surface area contributed by atoms with E-state index < -0.39 is 23.1 Å². The van der Waals surface area contributed by atoms with Crippen molar-refractivity contribution < 1.29 is 13.2 Å². The van der Waals surface area contributed by atoms with Crippen molar-refractivity contribution in [2.24, 2.45) is 0 Å². The highest BCUT2D eigenvalue weighted by molar-refractivity contribution is 7.71. The van der Waals surface area contributed by atoms with Crippen LogP contribution in [-0.2, 0) is 0 Å². The van der Waals surface area contributed by atoms with Crippen molar-refractivity contribution in [3.05, 3.63) is 34.4 Å². The Kier molecular flexibility index (Phi) is 2.43. The summed E-state index contributed by atoms with van der Waals surface area (Å²) < 4.78 is 40.2. The van der Waals surface area contributed by atoms with Crippen molar-refractivity contribution >= 4 is 18.2 Å². The van der Waals surface area contributed by atoms with Crippen molar-refractivity contribution in [1.29, 1.82) is 0 Å². The lowest BCUT2D eigenvalue weighted by atomic mass is 10.3. The number of aromatic amines is 1. The normalized spacial score (nSPS) is 10.7. The maximum atomic E-state index is 13.4. The zero-order chi connectivity index (χ0) is 11.9. The van der Waals surface area contributed by atoms with Crippen LogP contribution in [0.5, 0.6) is 0 Å². The number of hydrogen-bond acceptors (Lipinski definition) is 3. The van der Waals surface area contributed by atoms with Crippen LogP contribution >= 0.6 is 12.2 Å². The van der Waals surface area contributed by atoms with Crippen LogP contribution in [0, 0.1) is 22.2 Å². The number of benzene rings is 1.